The standard InChI is InChI=1S/C13H18ClNO4S2/c1-15(12-7-9-20(16,17)10-12)21(18,19)13-4-2-11(3-5-13)6-8-14/h2-5,12H,6-10H2,1H3. The highest BCUT2D eigenvalue weighted by atomic mass is 35.5. The van der Waals surface area contributed by atoms with E-state index in [-0.39, 0.29) is 16.4 Å². The van der Waals surface area contributed by atoms with Crippen molar-refractivity contribution in [1.29, 1.82) is 0 Å². The summed E-state index contributed by atoms with van der Waals surface area (Å²) in [7, 11) is -5.35. The minimum Gasteiger partial charge on any atom is -0.229 e. The molecule has 1 unspecified atom stereocenters. The number of benzene rings is 1. The molecule has 0 spiro atoms. The first-order valence-electron chi connectivity index (χ1n) is 6.59. The molecule has 0 saturated carbocycles. The van der Waals surface area contributed by atoms with Gasteiger partial charge < -0.3 is 0 Å². The number of alkyl halides is 1. The smallest absolute Gasteiger partial charge is 0.229 e. The van der Waals surface area contributed by atoms with Crippen LogP contribution in [0.4, 0.5) is 0 Å². The Kier molecular flexibility index (Phi) is 4.97. The predicted molar refractivity (Wildman–Crippen MR) is 82.9 cm³/mol. The van der Waals surface area contributed by atoms with Gasteiger partial charge in [-0.05, 0) is 30.5 Å². The highest BCUT2D eigenvalue weighted by Gasteiger charge is 2.36. The average molecular weight is 352 g/mol. The third kappa shape index (κ3) is 3.77. The third-order valence-electron chi connectivity index (χ3n) is 3.71. The molecule has 5 nitrogen and oxygen atoms in total. The topological polar surface area (TPSA) is 71.5 Å². The SMILES string of the molecule is CN(C1CCS(=O)(=O)C1)S(=O)(=O)c1ccc(CCCl)cc1. The molecule has 1 aliphatic heterocycles. The van der Waals surface area contributed by atoms with Gasteiger partial charge in [-0.2, -0.15) is 4.31 Å². The maximum Gasteiger partial charge on any atom is 0.243 e. The molecule has 1 aromatic rings. The van der Waals surface area contributed by atoms with Gasteiger partial charge in [-0.1, -0.05) is 12.1 Å². The summed E-state index contributed by atoms with van der Waals surface area (Å²) in [5.74, 6) is 0.422. The maximum absolute atomic E-state index is 12.5. The summed E-state index contributed by atoms with van der Waals surface area (Å²) >= 11 is 5.65. The molecule has 1 aliphatic rings. The van der Waals surface area contributed by atoms with Crippen LogP contribution in [0, 0.1) is 0 Å². The lowest BCUT2D eigenvalue weighted by atomic mass is 10.2. The molecule has 0 N–H and O–H groups in total. The summed E-state index contributed by atoms with van der Waals surface area (Å²) < 4.78 is 49.2. The van der Waals surface area contributed by atoms with Gasteiger partial charge in [0.25, 0.3) is 0 Å². The van der Waals surface area contributed by atoms with Crippen molar-refractivity contribution in [2.24, 2.45) is 0 Å². The van der Waals surface area contributed by atoms with E-state index < -0.39 is 25.9 Å². The molecule has 1 fully saturated rings. The molecular formula is C13H18ClNO4S2. The van der Waals surface area contributed by atoms with Crippen LogP contribution in [0.25, 0.3) is 0 Å². The van der Waals surface area contributed by atoms with Crippen LogP contribution in [0.3, 0.4) is 0 Å². The van der Waals surface area contributed by atoms with Crippen molar-refractivity contribution >= 4 is 31.5 Å². The molecule has 8 heteroatoms. The molecule has 0 radical (unpaired) electrons. The minimum atomic E-state index is -3.67. The number of hydrogen-bond acceptors (Lipinski definition) is 4. The van der Waals surface area contributed by atoms with Crippen LogP contribution in [-0.4, -0.2) is 51.6 Å². The highest BCUT2D eigenvalue weighted by molar-refractivity contribution is 7.92. The van der Waals surface area contributed by atoms with Crippen LogP contribution in [0.5, 0.6) is 0 Å². The number of nitrogens with zero attached hydrogens (tertiary/aromatic N) is 1. The van der Waals surface area contributed by atoms with E-state index in [4.69, 9.17) is 11.6 Å². The van der Waals surface area contributed by atoms with Gasteiger partial charge in [0.2, 0.25) is 10.0 Å². The van der Waals surface area contributed by atoms with E-state index in [0.29, 0.717) is 18.7 Å². The molecule has 0 aromatic heterocycles. The van der Waals surface area contributed by atoms with Gasteiger partial charge in [-0.3, -0.25) is 0 Å². The lowest BCUT2D eigenvalue weighted by Gasteiger charge is -2.22. The summed E-state index contributed by atoms with van der Waals surface area (Å²) in [6, 6.07) is 6.06. The molecule has 1 aromatic carbocycles. The van der Waals surface area contributed by atoms with Crippen molar-refractivity contribution in [3.63, 3.8) is 0 Å². The van der Waals surface area contributed by atoms with Crippen molar-refractivity contribution in [2.45, 2.75) is 23.8 Å². The number of halogens is 1. The Bertz CT molecular complexity index is 698. The van der Waals surface area contributed by atoms with E-state index in [1.165, 1.54) is 23.5 Å². The van der Waals surface area contributed by atoms with Gasteiger partial charge in [-0.15, -0.1) is 11.6 Å². The van der Waals surface area contributed by atoms with Crippen LogP contribution < -0.4 is 0 Å². The Hall–Kier alpha value is -0.630. The summed E-state index contributed by atoms with van der Waals surface area (Å²) in [4.78, 5) is 0.174. The van der Waals surface area contributed by atoms with Gasteiger partial charge in [-0.25, -0.2) is 16.8 Å². The van der Waals surface area contributed by atoms with E-state index in [1.54, 1.807) is 12.1 Å². The molecular weight excluding hydrogens is 334 g/mol. The van der Waals surface area contributed by atoms with Gasteiger partial charge >= 0.3 is 0 Å². The van der Waals surface area contributed by atoms with Crippen molar-refractivity contribution in [3.05, 3.63) is 29.8 Å². The Morgan fingerprint density at radius 2 is 1.90 bits per heavy atom. The quantitative estimate of drug-likeness (QED) is 0.749. The van der Waals surface area contributed by atoms with Gasteiger partial charge in [0.05, 0.1) is 16.4 Å². The second-order valence-electron chi connectivity index (χ2n) is 5.16. The number of aryl methyl sites for hydroxylation is 1. The highest BCUT2D eigenvalue weighted by Crippen LogP contribution is 2.23. The van der Waals surface area contributed by atoms with Crippen LogP contribution in [0.15, 0.2) is 29.2 Å². The van der Waals surface area contributed by atoms with Crippen LogP contribution >= 0.6 is 11.6 Å². The normalized spacial score (nSPS) is 21.8. The number of sulfone groups is 1. The molecule has 21 heavy (non-hydrogen) atoms. The van der Waals surface area contributed by atoms with Crippen molar-refractivity contribution in [1.82, 2.24) is 4.31 Å². The predicted octanol–water partition coefficient (Wildman–Crippen LogP) is 1.28. The minimum absolute atomic E-state index is 0.0478. The van der Waals surface area contributed by atoms with E-state index in [0.717, 1.165) is 5.56 Å². The van der Waals surface area contributed by atoms with E-state index in [1.807, 2.05) is 0 Å². The molecule has 0 bridgehead atoms. The Balaban J connectivity index is 2.21. The summed E-state index contributed by atoms with van der Waals surface area (Å²) in [5.41, 5.74) is 0.968. The Labute approximate surface area is 130 Å². The zero-order valence-electron chi connectivity index (χ0n) is 11.7. The van der Waals surface area contributed by atoms with E-state index >= 15 is 0 Å². The first-order valence-corrected chi connectivity index (χ1v) is 10.4. The number of sulfonamides is 1. The third-order valence-corrected chi connectivity index (χ3v) is 7.57. The fourth-order valence-electron chi connectivity index (χ4n) is 2.36. The summed E-state index contributed by atoms with van der Waals surface area (Å²) in [6.07, 6.45) is 1.03. The Morgan fingerprint density at radius 1 is 1.29 bits per heavy atom. The van der Waals surface area contributed by atoms with Crippen LogP contribution in [-0.2, 0) is 26.3 Å². The van der Waals surface area contributed by atoms with Gasteiger partial charge in [0.1, 0.15) is 0 Å². The van der Waals surface area contributed by atoms with Crippen LogP contribution in [0.2, 0.25) is 0 Å². The summed E-state index contributed by atoms with van der Waals surface area (Å²) in [6.45, 7) is 0. The van der Waals surface area contributed by atoms with E-state index in [9.17, 15) is 16.8 Å². The molecule has 0 aliphatic carbocycles. The number of rotatable bonds is 5. The second-order valence-corrected chi connectivity index (χ2v) is 9.77. The number of hydrogen-bond donors (Lipinski definition) is 0. The fraction of sp³-hybridized carbons (Fsp3) is 0.538. The Morgan fingerprint density at radius 3 is 2.38 bits per heavy atom. The molecule has 1 saturated heterocycles. The lowest BCUT2D eigenvalue weighted by Crippen LogP contribution is -2.37. The molecule has 1 atom stereocenters. The zero-order chi connectivity index (χ0) is 15.7. The van der Waals surface area contributed by atoms with Gasteiger partial charge in [0.15, 0.2) is 9.84 Å². The van der Waals surface area contributed by atoms with Crippen molar-refractivity contribution in [3.8, 4) is 0 Å². The summed E-state index contributed by atoms with van der Waals surface area (Å²) in [5, 5.41) is 0. The van der Waals surface area contributed by atoms with Gasteiger partial charge in [0, 0.05) is 19.0 Å². The largest absolute Gasteiger partial charge is 0.243 e. The van der Waals surface area contributed by atoms with Crippen LogP contribution in [0.1, 0.15) is 12.0 Å². The molecule has 2 rings (SSSR count). The second kappa shape index (κ2) is 6.24. The molecule has 0 amide bonds. The average Bonchev–Trinajstić information content (AvgIpc) is 2.79. The zero-order valence-corrected chi connectivity index (χ0v) is 14.1. The molecule has 1 heterocycles. The lowest BCUT2D eigenvalue weighted by molar-refractivity contribution is 0.394. The fourth-order valence-corrected chi connectivity index (χ4v) is 5.83. The first kappa shape index (κ1) is 16.7. The monoisotopic (exact) mass is 351 g/mol. The van der Waals surface area contributed by atoms with Crippen molar-refractivity contribution in [2.75, 3.05) is 24.4 Å². The maximum atomic E-state index is 12.5. The van der Waals surface area contributed by atoms with E-state index in [2.05, 4.69) is 0 Å². The molecule has 118 valence electrons. The van der Waals surface area contributed by atoms with Crippen molar-refractivity contribution < 1.29 is 16.8 Å². The first-order chi connectivity index (χ1) is 9.76.